The molecule has 13 heavy (non-hydrogen) atoms. The van der Waals surface area contributed by atoms with E-state index in [9.17, 15) is 0 Å². The van der Waals surface area contributed by atoms with E-state index in [1.165, 1.54) is 29.7 Å². The Hall–Kier alpha value is -0.370. The molecule has 0 spiro atoms. The molecule has 2 heteroatoms. The van der Waals surface area contributed by atoms with Crippen molar-refractivity contribution in [3.8, 4) is 0 Å². The van der Waals surface area contributed by atoms with Gasteiger partial charge in [-0.05, 0) is 30.4 Å². The molecule has 0 radical (unpaired) electrons. The van der Waals surface area contributed by atoms with Gasteiger partial charge in [-0.25, -0.2) is 4.37 Å². The number of hydrogen-bond acceptors (Lipinski definition) is 2. The highest BCUT2D eigenvalue weighted by Crippen LogP contribution is 2.33. The summed E-state index contributed by atoms with van der Waals surface area (Å²) in [5.74, 6) is 0. The topological polar surface area (TPSA) is 12.9 Å². The molecule has 0 atom stereocenters. The van der Waals surface area contributed by atoms with Crippen molar-refractivity contribution in [1.29, 1.82) is 0 Å². The fourth-order valence-corrected chi connectivity index (χ4v) is 2.54. The van der Waals surface area contributed by atoms with Crippen LogP contribution in [0.15, 0.2) is 6.20 Å². The fraction of sp³-hybridized carbons (Fsp3) is 0.727. The van der Waals surface area contributed by atoms with Gasteiger partial charge in [0.15, 0.2) is 0 Å². The van der Waals surface area contributed by atoms with E-state index in [-0.39, 0.29) is 0 Å². The third-order valence-corrected chi connectivity index (χ3v) is 3.79. The second kappa shape index (κ2) is 4.23. The summed E-state index contributed by atoms with van der Waals surface area (Å²) in [6.07, 6.45) is 5.84. The predicted molar refractivity (Wildman–Crippen MR) is 59.4 cm³/mol. The van der Waals surface area contributed by atoms with Crippen molar-refractivity contribution >= 4 is 11.5 Å². The smallest absolute Gasteiger partial charge is 0.0439 e. The molecule has 1 nitrogen and oxygen atoms in total. The summed E-state index contributed by atoms with van der Waals surface area (Å²) < 4.78 is 4.24. The molecule has 0 bridgehead atoms. The minimum Gasteiger partial charge on any atom is -0.201 e. The zero-order chi connectivity index (χ0) is 9.90. The molecule has 0 aromatic carbocycles. The van der Waals surface area contributed by atoms with Crippen LogP contribution in [0.4, 0.5) is 0 Å². The van der Waals surface area contributed by atoms with Crippen molar-refractivity contribution in [3.05, 3.63) is 16.6 Å². The zero-order valence-electron chi connectivity index (χ0n) is 9.05. The van der Waals surface area contributed by atoms with Gasteiger partial charge in [0.25, 0.3) is 0 Å². The minimum atomic E-state index is 0.321. The van der Waals surface area contributed by atoms with E-state index in [1.807, 2.05) is 6.20 Å². The van der Waals surface area contributed by atoms with Gasteiger partial charge in [-0.3, -0.25) is 0 Å². The number of rotatable bonds is 4. The average Bonchev–Trinajstić information content (AvgIpc) is 2.48. The maximum absolute atomic E-state index is 4.24. The van der Waals surface area contributed by atoms with E-state index in [2.05, 4.69) is 32.1 Å². The summed E-state index contributed by atoms with van der Waals surface area (Å²) in [6, 6.07) is 0. The van der Waals surface area contributed by atoms with Crippen molar-refractivity contribution in [2.75, 3.05) is 0 Å². The second-order valence-corrected chi connectivity index (χ2v) is 5.13. The van der Waals surface area contributed by atoms with Crippen LogP contribution < -0.4 is 0 Å². The Bertz CT molecular complexity index is 263. The standard InChI is InChI=1S/C11H19NS/c1-5-6-7-11(3,4)10-9(2)8-12-13-10/h8H,5-7H2,1-4H3. The lowest BCUT2D eigenvalue weighted by Crippen LogP contribution is -2.16. The van der Waals surface area contributed by atoms with E-state index < -0.39 is 0 Å². The number of aromatic nitrogens is 1. The van der Waals surface area contributed by atoms with Crippen molar-refractivity contribution in [1.82, 2.24) is 4.37 Å². The van der Waals surface area contributed by atoms with Crippen LogP contribution in [0.5, 0.6) is 0 Å². The van der Waals surface area contributed by atoms with Crippen LogP contribution in [0.3, 0.4) is 0 Å². The lowest BCUT2D eigenvalue weighted by molar-refractivity contribution is 0.464. The summed E-state index contributed by atoms with van der Waals surface area (Å²) in [5, 5.41) is 0. The van der Waals surface area contributed by atoms with Crippen LogP contribution >= 0.6 is 11.5 Å². The fourth-order valence-electron chi connectivity index (χ4n) is 1.68. The van der Waals surface area contributed by atoms with E-state index in [4.69, 9.17) is 0 Å². The van der Waals surface area contributed by atoms with Gasteiger partial charge in [0.05, 0.1) is 0 Å². The van der Waals surface area contributed by atoms with Crippen molar-refractivity contribution in [2.24, 2.45) is 0 Å². The minimum absolute atomic E-state index is 0.321. The van der Waals surface area contributed by atoms with Crippen molar-refractivity contribution in [3.63, 3.8) is 0 Å². The maximum Gasteiger partial charge on any atom is 0.0439 e. The van der Waals surface area contributed by atoms with Gasteiger partial charge in [-0.15, -0.1) is 0 Å². The quantitative estimate of drug-likeness (QED) is 0.713. The molecule has 0 aliphatic carbocycles. The number of unbranched alkanes of at least 4 members (excludes halogenated alkanes) is 1. The Morgan fingerprint density at radius 2 is 2.15 bits per heavy atom. The average molecular weight is 197 g/mol. The third kappa shape index (κ3) is 2.53. The predicted octanol–water partition coefficient (Wildman–Crippen LogP) is 3.92. The Morgan fingerprint density at radius 3 is 2.62 bits per heavy atom. The maximum atomic E-state index is 4.24. The van der Waals surface area contributed by atoms with Crippen LogP contribution in [0, 0.1) is 6.92 Å². The molecule has 0 saturated carbocycles. The van der Waals surface area contributed by atoms with Crippen molar-refractivity contribution in [2.45, 2.75) is 52.4 Å². The lowest BCUT2D eigenvalue weighted by Gasteiger charge is -2.23. The number of hydrogen-bond donors (Lipinski definition) is 0. The first-order valence-electron chi connectivity index (χ1n) is 4.99. The molecule has 0 aliphatic heterocycles. The van der Waals surface area contributed by atoms with Gasteiger partial charge in [-0.2, -0.15) is 0 Å². The van der Waals surface area contributed by atoms with Gasteiger partial charge < -0.3 is 0 Å². The highest BCUT2D eigenvalue weighted by Gasteiger charge is 2.23. The van der Waals surface area contributed by atoms with Gasteiger partial charge in [0.2, 0.25) is 0 Å². The summed E-state index contributed by atoms with van der Waals surface area (Å²) >= 11 is 1.66. The summed E-state index contributed by atoms with van der Waals surface area (Å²) in [5.41, 5.74) is 1.67. The first kappa shape index (κ1) is 10.7. The molecule has 1 rings (SSSR count). The van der Waals surface area contributed by atoms with Crippen molar-refractivity contribution < 1.29 is 0 Å². The normalized spacial score (nSPS) is 12.0. The largest absolute Gasteiger partial charge is 0.201 e. The molecule has 0 saturated heterocycles. The summed E-state index contributed by atoms with van der Waals surface area (Å²) in [7, 11) is 0. The van der Waals surface area contributed by atoms with Crippen LogP contribution in [-0.4, -0.2) is 4.37 Å². The van der Waals surface area contributed by atoms with E-state index in [1.54, 1.807) is 11.5 Å². The van der Waals surface area contributed by atoms with E-state index in [0.717, 1.165) is 0 Å². The third-order valence-electron chi connectivity index (χ3n) is 2.52. The Balaban J connectivity index is 2.74. The van der Waals surface area contributed by atoms with E-state index in [0.29, 0.717) is 5.41 Å². The first-order valence-corrected chi connectivity index (χ1v) is 5.77. The summed E-state index contributed by atoms with van der Waals surface area (Å²) in [4.78, 5) is 1.46. The van der Waals surface area contributed by atoms with Gasteiger partial charge in [-0.1, -0.05) is 33.6 Å². The SMILES string of the molecule is CCCCC(C)(C)c1sncc1C. The molecular formula is C11H19NS. The molecule has 0 fully saturated rings. The highest BCUT2D eigenvalue weighted by atomic mass is 32.1. The Kier molecular flexibility index (Phi) is 3.48. The second-order valence-electron chi connectivity index (χ2n) is 4.33. The van der Waals surface area contributed by atoms with Gasteiger partial charge in [0.1, 0.15) is 0 Å². The molecule has 1 aromatic rings. The van der Waals surface area contributed by atoms with Gasteiger partial charge >= 0.3 is 0 Å². The van der Waals surface area contributed by atoms with E-state index >= 15 is 0 Å². The molecule has 1 aromatic heterocycles. The lowest BCUT2D eigenvalue weighted by atomic mass is 9.84. The van der Waals surface area contributed by atoms with Crippen LogP contribution in [0.2, 0.25) is 0 Å². The monoisotopic (exact) mass is 197 g/mol. The first-order chi connectivity index (χ1) is 6.08. The van der Waals surface area contributed by atoms with Crippen LogP contribution in [0.25, 0.3) is 0 Å². The molecule has 0 N–H and O–H groups in total. The summed E-state index contributed by atoms with van der Waals surface area (Å²) in [6.45, 7) is 9.05. The molecule has 74 valence electrons. The molecule has 1 heterocycles. The Morgan fingerprint density at radius 1 is 1.46 bits per heavy atom. The number of aryl methyl sites for hydroxylation is 1. The number of nitrogens with zero attached hydrogens (tertiary/aromatic N) is 1. The van der Waals surface area contributed by atoms with Gasteiger partial charge in [0, 0.05) is 16.5 Å². The van der Waals surface area contributed by atoms with Crippen LogP contribution in [0.1, 0.15) is 50.5 Å². The van der Waals surface area contributed by atoms with Crippen LogP contribution in [-0.2, 0) is 5.41 Å². The molecule has 0 amide bonds. The Labute approximate surface area is 85.4 Å². The molecule has 0 unspecified atom stereocenters. The highest BCUT2D eigenvalue weighted by molar-refractivity contribution is 7.06. The molecular weight excluding hydrogens is 178 g/mol. The zero-order valence-corrected chi connectivity index (χ0v) is 9.87. The molecule has 0 aliphatic rings.